The average Bonchev–Trinajstić information content (AvgIpc) is 3.11. The number of anilines is 1. The van der Waals surface area contributed by atoms with E-state index in [-0.39, 0.29) is 30.1 Å². The highest BCUT2D eigenvalue weighted by atomic mass is 79.9. The quantitative estimate of drug-likeness (QED) is 0.456. The number of amides is 1. The minimum absolute atomic E-state index is 0.0426. The lowest BCUT2D eigenvalue weighted by atomic mass is 10.1. The van der Waals surface area contributed by atoms with Crippen LogP contribution in [0, 0.1) is 10.1 Å². The maximum absolute atomic E-state index is 12.7. The fourth-order valence-corrected chi connectivity index (χ4v) is 3.74. The fraction of sp³-hybridized carbons (Fsp3) is 0.211. The van der Waals surface area contributed by atoms with Crippen LogP contribution in [0.15, 0.2) is 52.0 Å². The molecule has 0 bridgehead atoms. The van der Waals surface area contributed by atoms with Crippen LogP contribution in [0.2, 0.25) is 0 Å². The first-order chi connectivity index (χ1) is 13.4. The molecule has 0 radical (unpaired) electrons. The van der Waals surface area contributed by atoms with Crippen LogP contribution in [-0.2, 0) is 17.8 Å². The second kappa shape index (κ2) is 7.16. The Hall–Kier alpha value is -3.07. The molecular weight excluding hydrogens is 428 g/mol. The first-order valence-electron chi connectivity index (χ1n) is 8.66. The number of carbonyl (C=O) groups is 1. The summed E-state index contributed by atoms with van der Waals surface area (Å²) in [6, 6.07) is 9.85. The van der Waals surface area contributed by atoms with Crippen molar-refractivity contribution >= 4 is 44.1 Å². The van der Waals surface area contributed by atoms with Gasteiger partial charge in [-0.05, 0) is 30.2 Å². The third kappa shape index (κ3) is 3.29. The van der Waals surface area contributed by atoms with E-state index in [4.69, 9.17) is 0 Å². The summed E-state index contributed by atoms with van der Waals surface area (Å²) in [6.07, 6.45) is 2.20. The summed E-state index contributed by atoms with van der Waals surface area (Å²) in [7, 11) is 0. The van der Waals surface area contributed by atoms with Gasteiger partial charge in [0.2, 0.25) is 5.91 Å². The van der Waals surface area contributed by atoms with E-state index >= 15 is 0 Å². The molecule has 1 aliphatic rings. The zero-order valence-corrected chi connectivity index (χ0v) is 16.3. The Morgan fingerprint density at radius 2 is 2.07 bits per heavy atom. The minimum atomic E-state index is -0.473. The molecule has 0 aliphatic carbocycles. The van der Waals surface area contributed by atoms with Gasteiger partial charge in [-0.1, -0.05) is 22.0 Å². The van der Waals surface area contributed by atoms with Crippen LogP contribution in [0.3, 0.4) is 0 Å². The number of aromatic nitrogens is 2. The second-order valence-electron chi connectivity index (χ2n) is 6.52. The number of nitro benzene ring substituents is 1. The summed E-state index contributed by atoms with van der Waals surface area (Å²) in [4.78, 5) is 41.7. The smallest absolute Gasteiger partial charge is 0.271 e. The van der Waals surface area contributed by atoms with Crippen molar-refractivity contribution in [3.05, 3.63) is 73.2 Å². The molecule has 0 atom stereocenters. The van der Waals surface area contributed by atoms with Crippen molar-refractivity contribution in [3.63, 3.8) is 0 Å². The molecule has 1 aliphatic heterocycles. The van der Waals surface area contributed by atoms with E-state index in [1.165, 1.54) is 23.0 Å². The third-order valence-corrected chi connectivity index (χ3v) is 5.32. The molecule has 4 rings (SSSR count). The predicted octanol–water partition coefficient (Wildman–Crippen LogP) is 3.05. The Balaban J connectivity index is 1.54. The van der Waals surface area contributed by atoms with Crippen LogP contribution in [0.25, 0.3) is 10.9 Å². The minimum Gasteiger partial charge on any atom is -0.312 e. The Kier molecular flexibility index (Phi) is 4.68. The number of halogens is 1. The van der Waals surface area contributed by atoms with Gasteiger partial charge >= 0.3 is 0 Å². The maximum Gasteiger partial charge on any atom is 0.271 e. The highest BCUT2D eigenvalue weighted by Crippen LogP contribution is 2.32. The number of carbonyl (C=O) groups excluding carboxylic acids is 1. The number of nitro groups is 1. The molecule has 0 unspecified atom stereocenters. The van der Waals surface area contributed by atoms with Crippen molar-refractivity contribution in [2.24, 2.45) is 0 Å². The van der Waals surface area contributed by atoms with Crippen molar-refractivity contribution in [2.45, 2.75) is 19.4 Å². The van der Waals surface area contributed by atoms with Gasteiger partial charge in [0.1, 0.15) is 0 Å². The fourth-order valence-electron chi connectivity index (χ4n) is 3.38. The summed E-state index contributed by atoms with van der Waals surface area (Å²) in [6.45, 7) is 0.668. The zero-order valence-electron chi connectivity index (χ0n) is 14.7. The van der Waals surface area contributed by atoms with E-state index in [0.717, 1.165) is 10.0 Å². The van der Waals surface area contributed by atoms with Gasteiger partial charge in [0.15, 0.2) is 0 Å². The number of nitrogens with zero attached hydrogens (tertiary/aromatic N) is 4. The molecule has 3 aromatic rings. The lowest BCUT2D eigenvalue weighted by Crippen LogP contribution is -2.31. The summed E-state index contributed by atoms with van der Waals surface area (Å²) in [5.41, 5.74) is 1.83. The number of hydrogen-bond donors (Lipinski definition) is 0. The number of benzene rings is 2. The highest BCUT2D eigenvalue weighted by Gasteiger charge is 2.26. The van der Waals surface area contributed by atoms with Crippen LogP contribution in [0.5, 0.6) is 0 Å². The largest absolute Gasteiger partial charge is 0.312 e. The van der Waals surface area contributed by atoms with Crippen molar-refractivity contribution in [1.29, 1.82) is 0 Å². The predicted molar refractivity (Wildman–Crippen MR) is 107 cm³/mol. The molecule has 28 heavy (non-hydrogen) atoms. The zero-order chi connectivity index (χ0) is 19.8. The van der Waals surface area contributed by atoms with Gasteiger partial charge < -0.3 is 4.90 Å². The van der Waals surface area contributed by atoms with Crippen LogP contribution in [0.4, 0.5) is 11.4 Å². The number of non-ortho nitro benzene ring substituents is 1. The molecule has 9 heteroatoms. The monoisotopic (exact) mass is 442 g/mol. The standard InChI is InChI=1S/C19H15BrN4O4/c20-13-2-4-16-15(9-13)19(26)22(11-21-16)7-6-18(25)23-8-5-12-1-3-14(24(27)28)10-17(12)23/h1-4,9-11H,5-8H2. The summed E-state index contributed by atoms with van der Waals surface area (Å²) >= 11 is 3.34. The number of hydrogen-bond acceptors (Lipinski definition) is 5. The van der Waals surface area contributed by atoms with Gasteiger partial charge in [-0.25, -0.2) is 4.98 Å². The molecular formula is C19H15BrN4O4. The second-order valence-corrected chi connectivity index (χ2v) is 7.44. The van der Waals surface area contributed by atoms with E-state index in [9.17, 15) is 19.7 Å². The molecule has 0 N–H and O–H groups in total. The van der Waals surface area contributed by atoms with Gasteiger partial charge in [-0.15, -0.1) is 0 Å². The van der Waals surface area contributed by atoms with Crippen molar-refractivity contribution in [1.82, 2.24) is 9.55 Å². The molecule has 2 heterocycles. The molecule has 0 fully saturated rings. The Labute approximate surface area is 167 Å². The van der Waals surface area contributed by atoms with E-state index < -0.39 is 4.92 Å². The molecule has 1 amide bonds. The van der Waals surface area contributed by atoms with Gasteiger partial charge in [0.25, 0.3) is 11.2 Å². The maximum atomic E-state index is 12.7. The Bertz CT molecular complexity index is 1170. The molecule has 8 nitrogen and oxygen atoms in total. The molecule has 2 aromatic carbocycles. The van der Waals surface area contributed by atoms with Crippen molar-refractivity contribution in [3.8, 4) is 0 Å². The first kappa shape index (κ1) is 18.3. The van der Waals surface area contributed by atoms with E-state index in [0.29, 0.717) is 29.6 Å². The van der Waals surface area contributed by atoms with E-state index in [2.05, 4.69) is 20.9 Å². The third-order valence-electron chi connectivity index (χ3n) is 4.83. The van der Waals surface area contributed by atoms with Crippen LogP contribution in [0.1, 0.15) is 12.0 Å². The molecule has 1 aromatic heterocycles. The van der Waals surface area contributed by atoms with E-state index in [1.54, 1.807) is 23.1 Å². The van der Waals surface area contributed by atoms with Gasteiger partial charge in [0, 0.05) is 36.1 Å². The average molecular weight is 443 g/mol. The summed E-state index contributed by atoms with van der Waals surface area (Å²) in [5.74, 6) is -0.180. The van der Waals surface area contributed by atoms with E-state index in [1.807, 2.05) is 6.07 Å². The molecule has 0 saturated carbocycles. The topological polar surface area (TPSA) is 98.3 Å². The highest BCUT2D eigenvalue weighted by molar-refractivity contribution is 9.10. The molecule has 0 spiro atoms. The number of rotatable bonds is 4. The Morgan fingerprint density at radius 1 is 1.25 bits per heavy atom. The Morgan fingerprint density at radius 3 is 2.86 bits per heavy atom. The van der Waals surface area contributed by atoms with Crippen LogP contribution < -0.4 is 10.5 Å². The number of fused-ring (bicyclic) bond motifs is 2. The van der Waals surface area contributed by atoms with Gasteiger partial charge in [-0.3, -0.25) is 24.3 Å². The summed E-state index contributed by atoms with van der Waals surface area (Å²) < 4.78 is 2.19. The van der Waals surface area contributed by atoms with Crippen LogP contribution in [-0.4, -0.2) is 26.9 Å². The molecule has 0 saturated heterocycles. The van der Waals surface area contributed by atoms with Crippen molar-refractivity contribution in [2.75, 3.05) is 11.4 Å². The van der Waals surface area contributed by atoms with Gasteiger partial charge in [0.05, 0.1) is 27.8 Å². The molecule has 142 valence electrons. The lowest BCUT2D eigenvalue weighted by molar-refractivity contribution is -0.384. The van der Waals surface area contributed by atoms with Crippen LogP contribution >= 0.6 is 15.9 Å². The number of aryl methyl sites for hydroxylation is 1. The van der Waals surface area contributed by atoms with Crippen molar-refractivity contribution < 1.29 is 9.72 Å². The SMILES string of the molecule is O=C(CCn1cnc2ccc(Br)cc2c1=O)N1CCc2ccc([N+](=O)[O-])cc21. The lowest BCUT2D eigenvalue weighted by Gasteiger charge is -2.17. The first-order valence-corrected chi connectivity index (χ1v) is 9.46. The van der Waals surface area contributed by atoms with Gasteiger partial charge in [-0.2, -0.15) is 0 Å². The normalized spacial score (nSPS) is 13.0. The summed E-state index contributed by atoms with van der Waals surface area (Å²) in [5, 5.41) is 11.5.